The fraction of sp³-hybridized carbons (Fsp3) is 0.190. The summed E-state index contributed by atoms with van der Waals surface area (Å²) in [6.45, 7) is 0.958. The third-order valence-corrected chi connectivity index (χ3v) is 5.72. The summed E-state index contributed by atoms with van der Waals surface area (Å²) < 4.78 is 15.3. The molecule has 1 aliphatic heterocycles. The van der Waals surface area contributed by atoms with Crippen molar-refractivity contribution in [3.05, 3.63) is 88.1 Å². The number of aromatic nitrogens is 2. The van der Waals surface area contributed by atoms with Gasteiger partial charge in [0.1, 0.15) is 5.82 Å². The summed E-state index contributed by atoms with van der Waals surface area (Å²) in [6.07, 6.45) is 5.79. The van der Waals surface area contributed by atoms with E-state index in [4.69, 9.17) is 0 Å². The standard InChI is InChI=1S/C21H18FN3O3S/c22-15-6-4-14(5-7-15)18-17(19(26)16-3-1-12-29-16)20(27)21(28)25(18)10-2-9-24-11-8-23-13-24/h1,3-8,11-13,18,27H,2,9-10H2/t18-/m0/s1. The molecule has 8 heteroatoms. The molecule has 0 radical (unpaired) electrons. The maximum atomic E-state index is 13.4. The second-order valence-corrected chi connectivity index (χ2v) is 7.62. The molecule has 3 aromatic rings. The highest BCUT2D eigenvalue weighted by atomic mass is 32.1. The lowest BCUT2D eigenvalue weighted by Crippen LogP contribution is -2.32. The molecule has 4 rings (SSSR count). The molecule has 0 fully saturated rings. The van der Waals surface area contributed by atoms with Gasteiger partial charge in [0, 0.05) is 25.5 Å². The number of aryl methyl sites for hydroxylation is 1. The van der Waals surface area contributed by atoms with Crippen molar-refractivity contribution in [2.75, 3.05) is 6.54 Å². The zero-order valence-corrected chi connectivity index (χ0v) is 16.2. The van der Waals surface area contributed by atoms with Crippen LogP contribution in [0.1, 0.15) is 27.7 Å². The predicted octanol–water partition coefficient (Wildman–Crippen LogP) is 3.75. The van der Waals surface area contributed by atoms with Crippen LogP contribution in [0.3, 0.4) is 0 Å². The van der Waals surface area contributed by atoms with Crippen LogP contribution in [-0.2, 0) is 11.3 Å². The SMILES string of the molecule is O=C(C1=C(O)C(=O)N(CCCn2ccnc2)[C@H]1c1ccc(F)cc1)c1cccs1. The van der Waals surface area contributed by atoms with E-state index in [1.165, 1.54) is 40.5 Å². The molecule has 3 heterocycles. The number of ketones is 1. The number of aliphatic hydroxyl groups is 1. The van der Waals surface area contributed by atoms with Crippen LogP contribution in [0.4, 0.5) is 4.39 Å². The highest BCUT2D eigenvalue weighted by Crippen LogP contribution is 2.39. The number of thiophene rings is 1. The molecule has 29 heavy (non-hydrogen) atoms. The van der Waals surface area contributed by atoms with E-state index >= 15 is 0 Å². The van der Waals surface area contributed by atoms with Crippen molar-refractivity contribution >= 4 is 23.0 Å². The number of aliphatic hydroxyl groups excluding tert-OH is 1. The number of amides is 1. The monoisotopic (exact) mass is 411 g/mol. The van der Waals surface area contributed by atoms with Gasteiger partial charge in [-0.2, -0.15) is 0 Å². The van der Waals surface area contributed by atoms with Crippen molar-refractivity contribution in [1.82, 2.24) is 14.5 Å². The number of hydrogen-bond acceptors (Lipinski definition) is 5. The third kappa shape index (κ3) is 3.71. The van der Waals surface area contributed by atoms with Gasteiger partial charge in [0.2, 0.25) is 5.78 Å². The minimum Gasteiger partial charge on any atom is -0.503 e. The van der Waals surface area contributed by atoms with E-state index in [1.54, 1.807) is 30.0 Å². The van der Waals surface area contributed by atoms with E-state index in [2.05, 4.69) is 4.98 Å². The molecule has 0 saturated heterocycles. The minimum atomic E-state index is -0.763. The maximum Gasteiger partial charge on any atom is 0.290 e. The number of halogens is 1. The Morgan fingerprint density at radius 2 is 2.00 bits per heavy atom. The number of hydrogen-bond donors (Lipinski definition) is 1. The van der Waals surface area contributed by atoms with Gasteiger partial charge in [-0.3, -0.25) is 9.59 Å². The fourth-order valence-electron chi connectivity index (χ4n) is 3.49. The third-order valence-electron chi connectivity index (χ3n) is 4.85. The lowest BCUT2D eigenvalue weighted by molar-refractivity contribution is -0.129. The maximum absolute atomic E-state index is 13.4. The first-order valence-electron chi connectivity index (χ1n) is 9.10. The number of imidazole rings is 1. The van der Waals surface area contributed by atoms with Gasteiger partial charge in [-0.05, 0) is 35.6 Å². The quantitative estimate of drug-likeness (QED) is 0.601. The first-order chi connectivity index (χ1) is 14.1. The average molecular weight is 411 g/mol. The highest BCUT2D eigenvalue weighted by Gasteiger charge is 2.43. The molecule has 0 aliphatic carbocycles. The number of benzene rings is 1. The first kappa shape index (κ1) is 19.1. The molecular formula is C21H18FN3O3S. The Kier molecular flexibility index (Phi) is 5.26. The molecule has 1 aromatic carbocycles. The number of rotatable bonds is 7. The second kappa shape index (κ2) is 8.00. The summed E-state index contributed by atoms with van der Waals surface area (Å²) in [5.74, 6) is -1.94. The van der Waals surface area contributed by atoms with Crippen LogP contribution in [0, 0.1) is 5.82 Å². The summed E-state index contributed by atoms with van der Waals surface area (Å²) in [5.41, 5.74) is 0.609. The molecule has 6 nitrogen and oxygen atoms in total. The van der Waals surface area contributed by atoms with Crippen molar-refractivity contribution in [1.29, 1.82) is 0 Å². The number of carbonyl (C=O) groups excluding carboxylic acids is 2. The van der Waals surface area contributed by atoms with Gasteiger partial charge in [-0.1, -0.05) is 18.2 Å². The lowest BCUT2D eigenvalue weighted by Gasteiger charge is -2.27. The molecule has 148 valence electrons. The van der Waals surface area contributed by atoms with E-state index in [-0.39, 0.29) is 5.57 Å². The van der Waals surface area contributed by atoms with Crippen molar-refractivity contribution in [2.24, 2.45) is 0 Å². The molecule has 1 aliphatic rings. The molecule has 0 saturated carbocycles. The largest absolute Gasteiger partial charge is 0.503 e. The van der Waals surface area contributed by atoms with Gasteiger partial charge in [-0.15, -0.1) is 11.3 Å². The number of carbonyl (C=O) groups is 2. The molecule has 0 unspecified atom stereocenters. The normalized spacial score (nSPS) is 16.7. The summed E-state index contributed by atoms with van der Waals surface area (Å²) in [6, 6.07) is 8.27. The van der Waals surface area contributed by atoms with Crippen molar-refractivity contribution in [3.8, 4) is 0 Å². The number of Topliss-reactive ketones (excluding diaryl/α,β-unsaturated/α-hetero) is 1. The number of nitrogens with zero attached hydrogens (tertiary/aromatic N) is 3. The van der Waals surface area contributed by atoms with Crippen LogP contribution < -0.4 is 0 Å². The second-order valence-electron chi connectivity index (χ2n) is 6.68. The van der Waals surface area contributed by atoms with Gasteiger partial charge in [0.25, 0.3) is 5.91 Å². The molecule has 1 atom stereocenters. The molecule has 1 amide bonds. The zero-order valence-electron chi connectivity index (χ0n) is 15.4. The topological polar surface area (TPSA) is 75.4 Å². The van der Waals surface area contributed by atoms with Gasteiger partial charge >= 0.3 is 0 Å². The molecule has 1 N–H and O–H groups in total. The van der Waals surface area contributed by atoms with E-state index in [0.717, 1.165) is 0 Å². The Morgan fingerprint density at radius 1 is 1.21 bits per heavy atom. The fourth-order valence-corrected chi connectivity index (χ4v) is 4.17. The summed E-state index contributed by atoms with van der Waals surface area (Å²) in [5, 5.41) is 12.3. The van der Waals surface area contributed by atoms with Crippen LogP contribution >= 0.6 is 11.3 Å². The summed E-state index contributed by atoms with van der Waals surface area (Å²) >= 11 is 1.24. The van der Waals surface area contributed by atoms with Crippen LogP contribution in [0.25, 0.3) is 0 Å². The molecule has 2 aromatic heterocycles. The molecular weight excluding hydrogens is 393 g/mol. The Labute approximate surface area is 170 Å². The van der Waals surface area contributed by atoms with Crippen LogP contribution in [-0.4, -0.2) is 37.8 Å². The van der Waals surface area contributed by atoms with E-state index in [9.17, 15) is 19.1 Å². The van der Waals surface area contributed by atoms with Crippen LogP contribution in [0.5, 0.6) is 0 Å². The van der Waals surface area contributed by atoms with Gasteiger partial charge in [-0.25, -0.2) is 9.37 Å². The van der Waals surface area contributed by atoms with Gasteiger partial charge < -0.3 is 14.6 Å². The van der Waals surface area contributed by atoms with E-state index in [1.807, 2.05) is 10.8 Å². The van der Waals surface area contributed by atoms with E-state index in [0.29, 0.717) is 30.0 Å². The van der Waals surface area contributed by atoms with E-state index < -0.39 is 29.3 Å². The predicted molar refractivity (Wildman–Crippen MR) is 106 cm³/mol. The molecule has 0 spiro atoms. The van der Waals surface area contributed by atoms with Crippen LogP contribution in [0.2, 0.25) is 0 Å². The van der Waals surface area contributed by atoms with Crippen molar-refractivity contribution in [2.45, 2.75) is 19.0 Å². The van der Waals surface area contributed by atoms with Crippen molar-refractivity contribution in [3.63, 3.8) is 0 Å². The summed E-state index contributed by atoms with van der Waals surface area (Å²) in [7, 11) is 0. The van der Waals surface area contributed by atoms with Crippen LogP contribution in [0.15, 0.2) is 71.8 Å². The Balaban J connectivity index is 1.66. The Hall–Kier alpha value is -3.26. The average Bonchev–Trinajstić information content (AvgIpc) is 3.47. The summed E-state index contributed by atoms with van der Waals surface area (Å²) in [4.78, 5) is 31.8. The smallest absolute Gasteiger partial charge is 0.290 e. The minimum absolute atomic E-state index is 0.0340. The van der Waals surface area contributed by atoms with Crippen molar-refractivity contribution < 1.29 is 19.1 Å². The zero-order chi connectivity index (χ0) is 20.4. The Bertz CT molecular complexity index is 1040. The Morgan fingerprint density at radius 3 is 2.66 bits per heavy atom. The van der Waals surface area contributed by atoms with Gasteiger partial charge in [0.15, 0.2) is 5.76 Å². The highest BCUT2D eigenvalue weighted by molar-refractivity contribution is 7.12. The van der Waals surface area contributed by atoms with Gasteiger partial charge in [0.05, 0.1) is 22.8 Å². The molecule has 0 bridgehead atoms. The lowest BCUT2D eigenvalue weighted by atomic mass is 9.95. The first-order valence-corrected chi connectivity index (χ1v) is 9.97.